The van der Waals surface area contributed by atoms with Crippen LogP contribution in [0.25, 0.3) is 0 Å². The van der Waals surface area contributed by atoms with Crippen molar-refractivity contribution in [3.63, 3.8) is 0 Å². The molecule has 0 saturated heterocycles. The van der Waals surface area contributed by atoms with Crippen molar-refractivity contribution in [2.75, 3.05) is 6.54 Å². The molecule has 0 unspecified atom stereocenters. The van der Waals surface area contributed by atoms with Gasteiger partial charge in [0.15, 0.2) is 0 Å². The number of amides is 1. The van der Waals surface area contributed by atoms with Gasteiger partial charge in [0.05, 0.1) is 12.1 Å². The standard InChI is InChI=1S/C10H9ClFNO2/c1-6(11)5-13-10(15)8-4-7(12)2-3-9(8)14/h2-4,14H,1,5H2,(H,13,15). The minimum Gasteiger partial charge on any atom is -0.507 e. The number of phenolic OH excluding ortho intramolecular Hbond substituents is 1. The van der Waals surface area contributed by atoms with Crippen LogP contribution in [0.1, 0.15) is 10.4 Å². The molecule has 0 heterocycles. The third kappa shape index (κ3) is 3.25. The molecule has 0 spiro atoms. The Hall–Kier alpha value is -1.55. The number of halogens is 2. The number of benzene rings is 1. The lowest BCUT2D eigenvalue weighted by Crippen LogP contribution is -2.24. The first-order chi connectivity index (χ1) is 7.00. The summed E-state index contributed by atoms with van der Waals surface area (Å²) >= 11 is 5.43. The Balaban J connectivity index is 2.81. The van der Waals surface area contributed by atoms with Crippen LogP contribution in [0.4, 0.5) is 4.39 Å². The van der Waals surface area contributed by atoms with Crippen LogP contribution in [0, 0.1) is 5.82 Å². The average Bonchev–Trinajstić information content (AvgIpc) is 2.18. The van der Waals surface area contributed by atoms with E-state index in [1.54, 1.807) is 0 Å². The van der Waals surface area contributed by atoms with Gasteiger partial charge in [-0.05, 0) is 18.2 Å². The van der Waals surface area contributed by atoms with E-state index in [0.29, 0.717) is 0 Å². The summed E-state index contributed by atoms with van der Waals surface area (Å²) in [4.78, 5) is 11.4. The maximum Gasteiger partial charge on any atom is 0.255 e. The van der Waals surface area contributed by atoms with E-state index >= 15 is 0 Å². The Morgan fingerprint density at radius 2 is 2.27 bits per heavy atom. The van der Waals surface area contributed by atoms with Crippen LogP contribution >= 0.6 is 11.6 Å². The molecule has 3 nitrogen and oxygen atoms in total. The molecule has 2 N–H and O–H groups in total. The molecule has 0 radical (unpaired) electrons. The summed E-state index contributed by atoms with van der Waals surface area (Å²) in [5.41, 5.74) is -0.132. The molecule has 1 rings (SSSR count). The number of aromatic hydroxyl groups is 1. The quantitative estimate of drug-likeness (QED) is 0.833. The summed E-state index contributed by atoms with van der Waals surface area (Å²) in [5, 5.41) is 11.9. The van der Waals surface area contributed by atoms with Gasteiger partial charge in [0, 0.05) is 5.03 Å². The molecule has 0 fully saturated rings. The van der Waals surface area contributed by atoms with Crippen LogP contribution in [0.2, 0.25) is 0 Å². The molecule has 15 heavy (non-hydrogen) atoms. The first-order valence-corrected chi connectivity index (χ1v) is 4.48. The molecular formula is C10H9ClFNO2. The van der Waals surface area contributed by atoms with E-state index in [9.17, 15) is 14.3 Å². The Morgan fingerprint density at radius 3 is 2.87 bits per heavy atom. The van der Waals surface area contributed by atoms with Crippen molar-refractivity contribution in [3.8, 4) is 5.75 Å². The number of hydrogen-bond donors (Lipinski definition) is 2. The minimum atomic E-state index is -0.603. The number of carbonyl (C=O) groups is 1. The van der Waals surface area contributed by atoms with Gasteiger partial charge in [-0.2, -0.15) is 0 Å². The van der Waals surface area contributed by atoms with Crippen molar-refractivity contribution in [2.45, 2.75) is 0 Å². The Kier molecular flexibility index (Phi) is 3.68. The molecule has 80 valence electrons. The number of carbonyl (C=O) groups excluding carboxylic acids is 1. The largest absolute Gasteiger partial charge is 0.507 e. The van der Waals surface area contributed by atoms with Crippen LogP contribution in [0.15, 0.2) is 29.8 Å². The van der Waals surface area contributed by atoms with Crippen molar-refractivity contribution < 1.29 is 14.3 Å². The van der Waals surface area contributed by atoms with Crippen LogP contribution in [0.5, 0.6) is 5.75 Å². The van der Waals surface area contributed by atoms with E-state index in [4.69, 9.17) is 11.6 Å². The zero-order chi connectivity index (χ0) is 11.4. The average molecular weight is 230 g/mol. The van der Waals surface area contributed by atoms with E-state index in [2.05, 4.69) is 11.9 Å². The van der Waals surface area contributed by atoms with Crippen LogP contribution < -0.4 is 5.32 Å². The third-order valence-corrected chi connectivity index (χ3v) is 1.78. The number of rotatable bonds is 3. The summed E-state index contributed by atoms with van der Waals surface area (Å²) in [6.45, 7) is 3.44. The van der Waals surface area contributed by atoms with Crippen LogP contribution in [-0.4, -0.2) is 17.6 Å². The molecule has 1 aromatic carbocycles. The predicted molar refractivity (Wildman–Crippen MR) is 55.4 cm³/mol. The fourth-order valence-corrected chi connectivity index (χ4v) is 1.03. The Labute approximate surface area is 91.2 Å². The van der Waals surface area contributed by atoms with Gasteiger partial charge in [0.2, 0.25) is 0 Å². The van der Waals surface area contributed by atoms with Crippen LogP contribution in [0.3, 0.4) is 0 Å². The molecule has 0 aliphatic carbocycles. The van der Waals surface area contributed by atoms with Crippen molar-refractivity contribution >= 4 is 17.5 Å². The smallest absolute Gasteiger partial charge is 0.255 e. The van der Waals surface area contributed by atoms with E-state index in [1.165, 1.54) is 0 Å². The van der Waals surface area contributed by atoms with E-state index in [0.717, 1.165) is 18.2 Å². The fourth-order valence-electron chi connectivity index (χ4n) is 0.962. The summed E-state index contributed by atoms with van der Waals surface area (Å²) in [5.74, 6) is -1.48. The highest BCUT2D eigenvalue weighted by molar-refractivity contribution is 6.29. The van der Waals surface area contributed by atoms with Crippen molar-refractivity contribution in [1.29, 1.82) is 0 Å². The zero-order valence-electron chi connectivity index (χ0n) is 7.76. The van der Waals surface area contributed by atoms with Gasteiger partial charge >= 0.3 is 0 Å². The van der Waals surface area contributed by atoms with Gasteiger partial charge in [-0.25, -0.2) is 4.39 Å². The lowest BCUT2D eigenvalue weighted by molar-refractivity contribution is 0.0954. The summed E-state index contributed by atoms with van der Waals surface area (Å²) < 4.78 is 12.8. The van der Waals surface area contributed by atoms with Gasteiger partial charge in [-0.15, -0.1) is 0 Å². The maximum absolute atomic E-state index is 12.8. The monoisotopic (exact) mass is 229 g/mol. The van der Waals surface area contributed by atoms with Gasteiger partial charge in [-0.3, -0.25) is 4.79 Å². The number of phenols is 1. The number of hydrogen-bond acceptors (Lipinski definition) is 2. The van der Waals surface area contributed by atoms with Crippen molar-refractivity contribution in [2.24, 2.45) is 0 Å². The van der Waals surface area contributed by atoms with Crippen LogP contribution in [-0.2, 0) is 0 Å². The highest BCUT2D eigenvalue weighted by Crippen LogP contribution is 2.17. The minimum absolute atomic E-state index is 0.0658. The summed E-state index contributed by atoms with van der Waals surface area (Å²) in [6, 6.07) is 3.12. The normalized spacial score (nSPS) is 9.73. The number of nitrogens with one attached hydrogen (secondary N) is 1. The highest BCUT2D eigenvalue weighted by Gasteiger charge is 2.11. The molecule has 0 aromatic heterocycles. The molecule has 0 atom stereocenters. The Bertz CT molecular complexity index is 406. The van der Waals surface area contributed by atoms with Gasteiger partial charge in [0.25, 0.3) is 5.91 Å². The Morgan fingerprint density at radius 1 is 1.60 bits per heavy atom. The molecule has 1 amide bonds. The zero-order valence-corrected chi connectivity index (χ0v) is 8.51. The molecular weight excluding hydrogens is 221 g/mol. The molecule has 1 aromatic rings. The second-order valence-corrected chi connectivity index (χ2v) is 3.40. The fraction of sp³-hybridized carbons (Fsp3) is 0.100. The van der Waals surface area contributed by atoms with Crippen molar-refractivity contribution in [1.82, 2.24) is 5.32 Å². The third-order valence-electron chi connectivity index (χ3n) is 1.64. The first-order valence-electron chi connectivity index (χ1n) is 4.10. The summed E-state index contributed by atoms with van der Waals surface area (Å²) in [6.07, 6.45) is 0. The first kappa shape index (κ1) is 11.5. The lowest BCUT2D eigenvalue weighted by atomic mass is 10.2. The second-order valence-electron chi connectivity index (χ2n) is 2.86. The molecule has 0 aliphatic heterocycles. The van der Waals surface area contributed by atoms with E-state index in [1.807, 2.05) is 0 Å². The SMILES string of the molecule is C=C(Cl)CNC(=O)c1cc(F)ccc1O. The summed E-state index contributed by atoms with van der Waals surface area (Å²) in [7, 11) is 0. The molecule has 0 aliphatic rings. The van der Waals surface area contributed by atoms with Gasteiger partial charge in [-0.1, -0.05) is 18.2 Å². The van der Waals surface area contributed by atoms with Gasteiger partial charge in [0.1, 0.15) is 11.6 Å². The predicted octanol–water partition coefficient (Wildman–Crippen LogP) is 2.01. The van der Waals surface area contributed by atoms with E-state index in [-0.39, 0.29) is 22.9 Å². The van der Waals surface area contributed by atoms with Crippen molar-refractivity contribution in [3.05, 3.63) is 41.2 Å². The molecule has 5 heteroatoms. The molecule has 0 bridgehead atoms. The topological polar surface area (TPSA) is 49.3 Å². The lowest BCUT2D eigenvalue weighted by Gasteiger charge is -2.05. The van der Waals surface area contributed by atoms with Gasteiger partial charge < -0.3 is 10.4 Å². The highest BCUT2D eigenvalue weighted by atomic mass is 35.5. The maximum atomic E-state index is 12.8. The second kappa shape index (κ2) is 4.79. The van der Waals surface area contributed by atoms with E-state index < -0.39 is 11.7 Å². The molecule has 0 saturated carbocycles.